The van der Waals surface area contributed by atoms with E-state index in [4.69, 9.17) is 14.6 Å². The van der Waals surface area contributed by atoms with Gasteiger partial charge in [-0.1, -0.05) is 6.07 Å². The Hall–Kier alpha value is -4.95. The number of pyridine rings is 2. The fourth-order valence-corrected chi connectivity index (χ4v) is 5.10. The van der Waals surface area contributed by atoms with Gasteiger partial charge >= 0.3 is 0 Å². The lowest BCUT2D eigenvalue weighted by molar-refractivity contribution is 0.229. The summed E-state index contributed by atoms with van der Waals surface area (Å²) in [6.45, 7) is 0.379. The lowest BCUT2D eigenvalue weighted by Crippen LogP contribution is -2.15. The molecule has 0 aliphatic carbocycles. The highest BCUT2D eigenvalue weighted by Gasteiger charge is 2.22. The van der Waals surface area contributed by atoms with Crippen LogP contribution in [0.15, 0.2) is 78.2 Å². The summed E-state index contributed by atoms with van der Waals surface area (Å²) >= 11 is 0. The standard InChI is InChI=1S/C28H24F2N6O5S/c1-40-28-24(36-42(38,39)25-7-4-19(29)13-22(25)30)12-18(14-32-28)17-3-6-23-21(11-17)27(34-16-33-23)35-20-5-8-26(31-15-20)41-10-2-9-37/h3-8,11-16,36-37H,2,9-10H2,1H3,(H,33,34,35). The molecule has 0 atom stereocenters. The average Bonchev–Trinajstić information content (AvgIpc) is 2.98. The number of hydrogen-bond acceptors (Lipinski definition) is 10. The van der Waals surface area contributed by atoms with Crippen LogP contribution in [-0.2, 0) is 10.0 Å². The number of aliphatic hydroxyl groups excluding tert-OH is 1. The number of halogens is 2. The molecule has 0 spiro atoms. The molecule has 0 radical (unpaired) electrons. The smallest absolute Gasteiger partial charge is 0.264 e. The molecule has 11 nitrogen and oxygen atoms in total. The van der Waals surface area contributed by atoms with E-state index in [1.807, 2.05) is 0 Å². The molecule has 0 unspecified atom stereocenters. The summed E-state index contributed by atoms with van der Waals surface area (Å²) in [7, 11) is -3.13. The third-order valence-corrected chi connectivity index (χ3v) is 7.39. The van der Waals surface area contributed by atoms with Crippen molar-refractivity contribution in [1.29, 1.82) is 0 Å². The van der Waals surface area contributed by atoms with Gasteiger partial charge in [0.1, 0.15) is 34.4 Å². The predicted molar refractivity (Wildman–Crippen MR) is 151 cm³/mol. The van der Waals surface area contributed by atoms with Gasteiger partial charge in [0.25, 0.3) is 10.0 Å². The molecular weight excluding hydrogens is 570 g/mol. The Labute approximate surface area is 239 Å². The molecule has 0 aliphatic heterocycles. The highest BCUT2D eigenvalue weighted by molar-refractivity contribution is 7.92. The van der Waals surface area contributed by atoms with E-state index < -0.39 is 26.6 Å². The number of nitrogens with one attached hydrogen (secondary N) is 2. The normalized spacial score (nSPS) is 11.3. The van der Waals surface area contributed by atoms with Crippen molar-refractivity contribution < 1.29 is 31.8 Å². The number of benzene rings is 2. The zero-order valence-corrected chi connectivity index (χ0v) is 22.9. The van der Waals surface area contributed by atoms with Crippen LogP contribution in [0.3, 0.4) is 0 Å². The fraction of sp³-hybridized carbons (Fsp3) is 0.143. The van der Waals surface area contributed by atoms with Gasteiger partial charge in [-0.25, -0.2) is 37.1 Å². The number of hydrogen-bond donors (Lipinski definition) is 3. The van der Waals surface area contributed by atoms with Crippen LogP contribution >= 0.6 is 0 Å². The van der Waals surface area contributed by atoms with Crippen LogP contribution in [-0.4, -0.2) is 53.8 Å². The van der Waals surface area contributed by atoms with Crippen molar-refractivity contribution in [3.05, 3.63) is 85.0 Å². The topological polar surface area (TPSA) is 148 Å². The van der Waals surface area contributed by atoms with E-state index in [9.17, 15) is 17.2 Å². The van der Waals surface area contributed by atoms with Crippen molar-refractivity contribution in [1.82, 2.24) is 19.9 Å². The van der Waals surface area contributed by atoms with Gasteiger partial charge < -0.3 is 19.9 Å². The molecule has 0 bridgehead atoms. The number of aromatic nitrogens is 4. The molecule has 0 aliphatic rings. The molecule has 3 N–H and O–H groups in total. The third kappa shape index (κ3) is 6.34. The number of sulfonamides is 1. The first kappa shape index (κ1) is 28.6. The molecule has 0 saturated heterocycles. The molecule has 0 fully saturated rings. The summed E-state index contributed by atoms with van der Waals surface area (Å²) in [4.78, 5) is 16.4. The summed E-state index contributed by atoms with van der Waals surface area (Å²) in [5.74, 6) is -1.28. The van der Waals surface area contributed by atoms with Gasteiger partial charge in [-0.15, -0.1) is 0 Å². The zero-order valence-electron chi connectivity index (χ0n) is 22.1. The van der Waals surface area contributed by atoms with Crippen molar-refractivity contribution >= 4 is 38.1 Å². The van der Waals surface area contributed by atoms with Crippen LogP contribution in [0.25, 0.3) is 22.0 Å². The van der Waals surface area contributed by atoms with Gasteiger partial charge in [0.15, 0.2) is 0 Å². The van der Waals surface area contributed by atoms with E-state index in [0.29, 0.717) is 58.5 Å². The maximum atomic E-state index is 14.3. The summed E-state index contributed by atoms with van der Waals surface area (Å²) in [6, 6.07) is 12.5. The van der Waals surface area contributed by atoms with Crippen molar-refractivity contribution in [2.24, 2.45) is 0 Å². The van der Waals surface area contributed by atoms with Gasteiger partial charge in [-0.05, 0) is 42.0 Å². The number of fused-ring (bicyclic) bond motifs is 1. The molecule has 216 valence electrons. The van der Waals surface area contributed by atoms with E-state index in [1.165, 1.54) is 25.7 Å². The Morgan fingerprint density at radius 2 is 1.79 bits per heavy atom. The Morgan fingerprint density at radius 3 is 2.52 bits per heavy atom. The summed E-state index contributed by atoms with van der Waals surface area (Å²) < 4.78 is 66.4. The number of methoxy groups -OCH3 is 1. The predicted octanol–water partition coefficient (Wildman–Crippen LogP) is 4.68. The second kappa shape index (κ2) is 12.3. The van der Waals surface area contributed by atoms with Gasteiger partial charge in [0, 0.05) is 42.3 Å². The van der Waals surface area contributed by atoms with E-state index in [0.717, 1.165) is 12.1 Å². The highest BCUT2D eigenvalue weighted by atomic mass is 32.2. The molecule has 42 heavy (non-hydrogen) atoms. The molecule has 0 saturated carbocycles. The van der Waals surface area contributed by atoms with E-state index >= 15 is 0 Å². The lowest BCUT2D eigenvalue weighted by Gasteiger charge is -2.14. The lowest BCUT2D eigenvalue weighted by atomic mass is 10.0. The summed E-state index contributed by atoms with van der Waals surface area (Å²) in [5, 5.41) is 12.8. The first-order chi connectivity index (χ1) is 20.3. The van der Waals surface area contributed by atoms with E-state index in [1.54, 1.807) is 36.5 Å². The van der Waals surface area contributed by atoms with Gasteiger partial charge in [-0.2, -0.15) is 0 Å². The number of nitrogens with zero attached hydrogens (tertiary/aromatic N) is 4. The zero-order chi connectivity index (χ0) is 29.7. The fourth-order valence-electron chi connectivity index (χ4n) is 3.99. The average molecular weight is 595 g/mol. The SMILES string of the molecule is COc1ncc(-c2ccc3ncnc(Nc4ccc(OCCCO)nc4)c3c2)cc1NS(=O)(=O)c1ccc(F)cc1F. The van der Waals surface area contributed by atoms with E-state index in [2.05, 4.69) is 30.0 Å². The second-order valence-corrected chi connectivity index (χ2v) is 10.5. The summed E-state index contributed by atoms with van der Waals surface area (Å²) in [6.07, 6.45) is 5.00. The molecule has 5 rings (SSSR count). The van der Waals surface area contributed by atoms with Gasteiger partial charge in [-0.3, -0.25) is 4.72 Å². The number of aliphatic hydroxyl groups is 1. The summed E-state index contributed by atoms with van der Waals surface area (Å²) in [5.41, 5.74) is 2.40. The number of ether oxygens (including phenoxy) is 2. The van der Waals surface area contributed by atoms with Crippen molar-refractivity contribution in [3.8, 4) is 22.9 Å². The van der Waals surface area contributed by atoms with Crippen LogP contribution in [0.2, 0.25) is 0 Å². The Morgan fingerprint density at radius 1 is 0.929 bits per heavy atom. The molecule has 2 aromatic carbocycles. The van der Waals surface area contributed by atoms with Crippen molar-refractivity contribution in [2.45, 2.75) is 11.3 Å². The largest absolute Gasteiger partial charge is 0.480 e. The number of anilines is 3. The third-order valence-electron chi connectivity index (χ3n) is 5.99. The van der Waals surface area contributed by atoms with Crippen LogP contribution in [0, 0.1) is 11.6 Å². The Balaban J connectivity index is 1.45. The van der Waals surface area contributed by atoms with Gasteiger partial charge in [0.05, 0.1) is 31.1 Å². The first-order valence-corrected chi connectivity index (χ1v) is 14.0. The van der Waals surface area contributed by atoms with Gasteiger partial charge in [0.2, 0.25) is 11.8 Å². The monoisotopic (exact) mass is 594 g/mol. The van der Waals surface area contributed by atoms with Crippen LogP contribution < -0.4 is 19.5 Å². The Kier molecular flexibility index (Phi) is 8.36. The molecule has 3 aromatic heterocycles. The molecule has 0 amide bonds. The van der Waals surface area contributed by atoms with Crippen molar-refractivity contribution in [3.63, 3.8) is 0 Å². The first-order valence-electron chi connectivity index (χ1n) is 12.5. The molecule has 14 heteroatoms. The maximum absolute atomic E-state index is 14.3. The molecule has 3 heterocycles. The van der Waals surface area contributed by atoms with Crippen LogP contribution in [0.1, 0.15) is 6.42 Å². The minimum Gasteiger partial charge on any atom is -0.480 e. The molecule has 5 aromatic rings. The van der Waals surface area contributed by atoms with E-state index in [-0.39, 0.29) is 18.2 Å². The maximum Gasteiger partial charge on any atom is 0.264 e. The highest BCUT2D eigenvalue weighted by Crippen LogP contribution is 2.33. The molecular formula is C28H24F2N6O5S. The van der Waals surface area contributed by atoms with Crippen LogP contribution in [0.5, 0.6) is 11.8 Å². The quantitative estimate of drug-likeness (QED) is 0.184. The minimum atomic E-state index is -4.45. The second-order valence-electron chi connectivity index (χ2n) is 8.85. The minimum absolute atomic E-state index is 0.0297. The Bertz CT molecular complexity index is 1840. The van der Waals surface area contributed by atoms with Crippen LogP contribution in [0.4, 0.5) is 26.0 Å². The van der Waals surface area contributed by atoms with Crippen molar-refractivity contribution in [2.75, 3.05) is 30.4 Å². The number of rotatable bonds is 11.